The summed E-state index contributed by atoms with van der Waals surface area (Å²) in [6, 6.07) is 7.16. The first-order chi connectivity index (χ1) is 11.7. The van der Waals surface area contributed by atoms with Crippen LogP contribution in [0.3, 0.4) is 0 Å². The molecule has 1 atom stereocenters. The zero-order valence-corrected chi connectivity index (χ0v) is 15.1. The first-order valence-corrected chi connectivity index (χ1v) is 8.72. The molecule has 2 aliphatic rings. The highest BCUT2D eigenvalue weighted by atomic mass is 35.5. The molecule has 1 heterocycles. The van der Waals surface area contributed by atoms with Crippen LogP contribution in [0.1, 0.15) is 25.7 Å². The Morgan fingerprint density at radius 1 is 1.24 bits per heavy atom. The maximum absolute atomic E-state index is 11.8. The van der Waals surface area contributed by atoms with Crippen LogP contribution in [0.25, 0.3) is 0 Å². The third-order valence-electron chi connectivity index (χ3n) is 4.46. The van der Waals surface area contributed by atoms with Crippen molar-refractivity contribution in [1.29, 1.82) is 0 Å². The van der Waals surface area contributed by atoms with Gasteiger partial charge in [-0.15, -0.1) is 12.4 Å². The van der Waals surface area contributed by atoms with Gasteiger partial charge in [0.1, 0.15) is 5.75 Å². The quantitative estimate of drug-likeness (QED) is 0.656. The monoisotopic (exact) mass is 367 g/mol. The molecule has 2 fully saturated rings. The predicted molar refractivity (Wildman–Crippen MR) is 99.1 cm³/mol. The van der Waals surface area contributed by atoms with E-state index in [1.165, 1.54) is 6.42 Å². The topological polar surface area (TPSA) is 79.5 Å². The van der Waals surface area contributed by atoms with Gasteiger partial charge in [-0.2, -0.15) is 0 Å². The molecule has 0 bridgehead atoms. The zero-order valence-electron chi connectivity index (χ0n) is 14.3. The molecule has 6 nitrogen and oxygen atoms in total. The first-order valence-electron chi connectivity index (χ1n) is 8.72. The fourth-order valence-corrected chi connectivity index (χ4v) is 2.83. The number of halogens is 1. The fraction of sp³-hybridized carbons (Fsp3) is 0.556. The number of carbonyl (C=O) groups is 2. The van der Waals surface area contributed by atoms with Gasteiger partial charge in [-0.3, -0.25) is 9.59 Å². The summed E-state index contributed by atoms with van der Waals surface area (Å²) in [5, 5.41) is 9.08. The first kappa shape index (κ1) is 19.5. The highest BCUT2D eigenvalue weighted by molar-refractivity contribution is 5.94. The lowest BCUT2D eigenvalue weighted by Gasteiger charge is -2.11. The van der Waals surface area contributed by atoms with Gasteiger partial charge in [0.25, 0.3) is 5.91 Å². The van der Waals surface area contributed by atoms with Gasteiger partial charge >= 0.3 is 0 Å². The molecule has 0 spiro atoms. The van der Waals surface area contributed by atoms with Crippen LogP contribution in [0, 0.1) is 11.8 Å². The van der Waals surface area contributed by atoms with E-state index in [1.807, 2.05) is 12.1 Å². The van der Waals surface area contributed by atoms with Gasteiger partial charge in [0, 0.05) is 24.2 Å². The minimum atomic E-state index is -0.117. The minimum absolute atomic E-state index is 0. The number of rotatable bonds is 8. The third-order valence-corrected chi connectivity index (χ3v) is 4.46. The molecule has 3 rings (SSSR count). The Labute approximate surface area is 154 Å². The second-order valence-electron chi connectivity index (χ2n) is 6.58. The Kier molecular flexibility index (Phi) is 7.52. The van der Waals surface area contributed by atoms with Crippen molar-refractivity contribution in [3.63, 3.8) is 0 Å². The van der Waals surface area contributed by atoms with Crippen molar-refractivity contribution in [3.05, 3.63) is 24.3 Å². The number of carbonyl (C=O) groups excluding carboxylic acids is 2. The molecule has 1 aliphatic carbocycles. The van der Waals surface area contributed by atoms with Crippen molar-refractivity contribution in [3.8, 4) is 5.75 Å². The van der Waals surface area contributed by atoms with E-state index < -0.39 is 0 Å². The molecule has 25 heavy (non-hydrogen) atoms. The average Bonchev–Trinajstić information content (AvgIpc) is 3.31. The van der Waals surface area contributed by atoms with E-state index in [9.17, 15) is 9.59 Å². The van der Waals surface area contributed by atoms with E-state index in [4.69, 9.17) is 4.74 Å². The van der Waals surface area contributed by atoms with E-state index in [2.05, 4.69) is 16.0 Å². The smallest absolute Gasteiger partial charge is 0.257 e. The fourth-order valence-electron chi connectivity index (χ4n) is 2.83. The van der Waals surface area contributed by atoms with Crippen molar-refractivity contribution < 1.29 is 14.3 Å². The maximum atomic E-state index is 11.8. The highest BCUT2D eigenvalue weighted by Crippen LogP contribution is 2.30. The number of hydrogen-bond donors (Lipinski definition) is 3. The van der Waals surface area contributed by atoms with Crippen molar-refractivity contribution >= 4 is 29.9 Å². The standard InChI is InChI=1S/C18H25N3O3.ClH/c22-17(20-9-7-13-6-8-19-11-13)12-24-16-3-1-2-15(10-16)21-18(23)14-4-5-14;/h1-3,10,13-14,19H,4-9,11-12H2,(H,20,22)(H,21,23);1H. The Bertz CT molecular complexity index is 587. The molecule has 1 aromatic carbocycles. The summed E-state index contributed by atoms with van der Waals surface area (Å²) < 4.78 is 5.51. The molecule has 7 heteroatoms. The van der Waals surface area contributed by atoms with Gasteiger partial charge in [-0.05, 0) is 56.8 Å². The van der Waals surface area contributed by atoms with Gasteiger partial charge in [0.2, 0.25) is 5.91 Å². The summed E-state index contributed by atoms with van der Waals surface area (Å²) >= 11 is 0. The van der Waals surface area contributed by atoms with Crippen LogP contribution in [-0.2, 0) is 9.59 Å². The summed E-state index contributed by atoms with van der Waals surface area (Å²) in [7, 11) is 0. The number of hydrogen-bond acceptors (Lipinski definition) is 4. The molecule has 3 N–H and O–H groups in total. The molecule has 1 aliphatic heterocycles. The highest BCUT2D eigenvalue weighted by Gasteiger charge is 2.29. The lowest BCUT2D eigenvalue weighted by Crippen LogP contribution is -2.30. The van der Waals surface area contributed by atoms with Gasteiger partial charge < -0.3 is 20.7 Å². The number of benzene rings is 1. The van der Waals surface area contributed by atoms with Gasteiger partial charge in [-0.25, -0.2) is 0 Å². The van der Waals surface area contributed by atoms with Crippen LogP contribution >= 0.6 is 12.4 Å². The van der Waals surface area contributed by atoms with E-state index in [1.54, 1.807) is 12.1 Å². The summed E-state index contributed by atoms with van der Waals surface area (Å²) in [6.45, 7) is 2.80. The van der Waals surface area contributed by atoms with E-state index in [0.29, 0.717) is 23.9 Å². The Morgan fingerprint density at radius 2 is 2.08 bits per heavy atom. The molecule has 1 saturated heterocycles. The molecule has 1 saturated carbocycles. The molecule has 0 radical (unpaired) electrons. The van der Waals surface area contributed by atoms with Gasteiger partial charge in [0.05, 0.1) is 0 Å². The summed E-state index contributed by atoms with van der Waals surface area (Å²) in [5.41, 5.74) is 0.707. The van der Waals surface area contributed by atoms with Crippen molar-refractivity contribution in [1.82, 2.24) is 10.6 Å². The Morgan fingerprint density at radius 3 is 2.80 bits per heavy atom. The number of amides is 2. The van der Waals surface area contributed by atoms with Crippen LogP contribution in [-0.4, -0.2) is 38.1 Å². The number of ether oxygens (including phenoxy) is 1. The number of nitrogens with one attached hydrogen (secondary N) is 3. The van der Waals surface area contributed by atoms with Crippen molar-refractivity contribution in [2.45, 2.75) is 25.7 Å². The molecule has 138 valence electrons. The molecular weight excluding hydrogens is 342 g/mol. The second-order valence-corrected chi connectivity index (χ2v) is 6.58. The van der Waals surface area contributed by atoms with Crippen LogP contribution in [0.15, 0.2) is 24.3 Å². The van der Waals surface area contributed by atoms with Crippen LogP contribution in [0.5, 0.6) is 5.75 Å². The number of anilines is 1. The lowest BCUT2D eigenvalue weighted by molar-refractivity contribution is -0.123. The average molecular weight is 368 g/mol. The predicted octanol–water partition coefficient (Wildman–Crippen LogP) is 1.95. The van der Waals surface area contributed by atoms with Crippen LogP contribution < -0.4 is 20.7 Å². The lowest BCUT2D eigenvalue weighted by atomic mass is 10.1. The Balaban J connectivity index is 0.00000225. The SMILES string of the molecule is Cl.O=C(COc1cccc(NC(=O)C2CC2)c1)NCCC1CCNC1. The molecule has 1 unspecified atom stereocenters. The molecule has 2 amide bonds. The third kappa shape index (κ3) is 6.55. The molecule has 0 aromatic heterocycles. The van der Waals surface area contributed by atoms with Crippen molar-refractivity contribution in [2.75, 3.05) is 31.6 Å². The second kappa shape index (κ2) is 9.63. The summed E-state index contributed by atoms with van der Waals surface area (Å²) in [4.78, 5) is 23.6. The Hall–Kier alpha value is -1.79. The summed E-state index contributed by atoms with van der Waals surface area (Å²) in [6.07, 6.45) is 4.13. The van der Waals surface area contributed by atoms with Crippen LogP contribution in [0.4, 0.5) is 5.69 Å². The van der Waals surface area contributed by atoms with Gasteiger partial charge in [-0.1, -0.05) is 6.07 Å². The van der Waals surface area contributed by atoms with E-state index >= 15 is 0 Å². The van der Waals surface area contributed by atoms with E-state index in [0.717, 1.165) is 32.4 Å². The summed E-state index contributed by atoms with van der Waals surface area (Å²) in [5.74, 6) is 1.35. The largest absolute Gasteiger partial charge is 0.484 e. The zero-order chi connectivity index (χ0) is 16.8. The molecular formula is C18H26ClN3O3. The maximum Gasteiger partial charge on any atom is 0.257 e. The van der Waals surface area contributed by atoms with Gasteiger partial charge in [0.15, 0.2) is 6.61 Å². The normalized spacial score (nSPS) is 19.0. The van der Waals surface area contributed by atoms with Crippen molar-refractivity contribution in [2.24, 2.45) is 11.8 Å². The minimum Gasteiger partial charge on any atom is -0.484 e. The van der Waals surface area contributed by atoms with Crippen LogP contribution in [0.2, 0.25) is 0 Å². The van der Waals surface area contributed by atoms with E-state index in [-0.39, 0.29) is 36.7 Å². The molecule has 1 aromatic rings.